The Hall–Kier alpha value is -0.860. The molecule has 2 unspecified atom stereocenters. The summed E-state index contributed by atoms with van der Waals surface area (Å²) in [5.41, 5.74) is 0.454. The van der Waals surface area contributed by atoms with Gasteiger partial charge in [0.05, 0.1) is 5.60 Å². The van der Waals surface area contributed by atoms with Crippen LogP contribution in [0.5, 0.6) is 0 Å². The van der Waals surface area contributed by atoms with Crippen LogP contribution in [0, 0.1) is 5.92 Å². The van der Waals surface area contributed by atoms with Crippen molar-refractivity contribution < 1.29 is 5.11 Å². The van der Waals surface area contributed by atoms with Gasteiger partial charge in [0.15, 0.2) is 0 Å². The Balaban J connectivity index is 1.73. The van der Waals surface area contributed by atoms with Gasteiger partial charge in [-0.2, -0.15) is 0 Å². The molecule has 2 heterocycles. The number of benzene rings is 1. The lowest BCUT2D eigenvalue weighted by Crippen LogP contribution is -2.42. The summed E-state index contributed by atoms with van der Waals surface area (Å²) in [5, 5.41) is 11.1. The van der Waals surface area contributed by atoms with E-state index in [4.69, 9.17) is 0 Å². The third-order valence-corrected chi connectivity index (χ3v) is 5.72. The smallest absolute Gasteiger partial charge is 0.0896 e. The Morgan fingerprint density at radius 1 is 1.15 bits per heavy atom. The van der Waals surface area contributed by atoms with Crippen LogP contribution in [0.1, 0.15) is 51.0 Å². The van der Waals surface area contributed by atoms with Crippen molar-refractivity contribution in [3.05, 3.63) is 35.9 Å². The molecule has 0 aliphatic carbocycles. The minimum Gasteiger partial charge on any atom is -0.385 e. The quantitative estimate of drug-likeness (QED) is 0.907. The first-order valence-corrected chi connectivity index (χ1v) is 8.12. The molecule has 1 aromatic carbocycles. The molecule has 20 heavy (non-hydrogen) atoms. The minimum absolute atomic E-state index is 0.638. The Morgan fingerprint density at radius 3 is 2.30 bits per heavy atom. The molecule has 3 rings (SSSR count). The van der Waals surface area contributed by atoms with Gasteiger partial charge in [0.1, 0.15) is 0 Å². The molecule has 2 nitrogen and oxygen atoms in total. The lowest BCUT2D eigenvalue weighted by molar-refractivity contribution is -0.00968. The Kier molecular flexibility index (Phi) is 3.87. The van der Waals surface area contributed by atoms with Crippen LogP contribution in [0.3, 0.4) is 0 Å². The predicted octanol–water partition coefficient (Wildman–Crippen LogP) is 3.55. The molecular formula is C18H27NO. The first-order chi connectivity index (χ1) is 9.62. The van der Waals surface area contributed by atoms with Gasteiger partial charge in [-0.1, -0.05) is 37.3 Å². The van der Waals surface area contributed by atoms with E-state index >= 15 is 0 Å². The molecule has 0 spiro atoms. The van der Waals surface area contributed by atoms with Crippen molar-refractivity contribution in [1.82, 2.24) is 4.90 Å². The molecule has 2 bridgehead atoms. The maximum atomic E-state index is 11.1. The van der Waals surface area contributed by atoms with Crippen LogP contribution in [0.15, 0.2) is 30.3 Å². The van der Waals surface area contributed by atoms with Crippen molar-refractivity contribution in [2.75, 3.05) is 7.05 Å². The fourth-order valence-corrected chi connectivity index (χ4v) is 4.38. The predicted molar refractivity (Wildman–Crippen MR) is 82.5 cm³/mol. The van der Waals surface area contributed by atoms with Gasteiger partial charge in [-0.3, -0.25) is 0 Å². The third-order valence-electron chi connectivity index (χ3n) is 5.72. The average molecular weight is 273 g/mol. The zero-order chi connectivity index (χ0) is 14.2. The fourth-order valence-electron chi connectivity index (χ4n) is 4.38. The summed E-state index contributed by atoms with van der Waals surface area (Å²) in [6, 6.07) is 11.8. The monoisotopic (exact) mass is 273 g/mol. The molecule has 0 saturated carbocycles. The summed E-state index contributed by atoms with van der Waals surface area (Å²) < 4.78 is 0. The Morgan fingerprint density at radius 2 is 1.75 bits per heavy atom. The van der Waals surface area contributed by atoms with E-state index in [9.17, 15) is 5.11 Å². The normalized spacial score (nSPS) is 33.0. The van der Waals surface area contributed by atoms with Crippen LogP contribution in [0.25, 0.3) is 0 Å². The maximum absolute atomic E-state index is 11.1. The second-order valence-corrected chi connectivity index (χ2v) is 6.84. The van der Waals surface area contributed by atoms with Crippen molar-refractivity contribution >= 4 is 0 Å². The minimum atomic E-state index is -0.638. The van der Waals surface area contributed by atoms with Crippen LogP contribution in [-0.2, 0) is 5.60 Å². The van der Waals surface area contributed by atoms with Crippen LogP contribution < -0.4 is 0 Å². The maximum Gasteiger partial charge on any atom is 0.0896 e. The van der Waals surface area contributed by atoms with Crippen LogP contribution in [-0.4, -0.2) is 29.1 Å². The van der Waals surface area contributed by atoms with Gasteiger partial charge in [0.25, 0.3) is 0 Å². The van der Waals surface area contributed by atoms with Crippen molar-refractivity contribution in [2.45, 2.75) is 63.1 Å². The lowest BCUT2D eigenvalue weighted by Gasteiger charge is -2.40. The molecular weight excluding hydrogens is 246 g/mol. The standard InChI is InChI=1S/C18H27NO/c1-3-18(20,15-7-5-4-6-8-15)13-14-11-16-9-10-17(12-14)19(16)2/h4-8,14,16-17,20H,3,9-13H2,1-2H3/t14?,16-,17+,18?. The number of rotatable bonds is 4. The molecule has 1 N–H and O–H groups in total. The number of nitrogens with zero attached hydrogens (tertiary/aromatic N) is 1. The van der Waals surface area contributed by atoms with E-state index in [1.54, 1.807) is 0 Å². The lowest BCUT2D eigenvalue weighted by atomic mass is 9.77. The van der Waals surface area contributed by atoms with Crippen molar-refractivity contribution in [1.29, 1.82) is 0 Å². The molecule has 4 atom stereocenters. The second-order valence-electron chi connectivity index (χ2n) is 6.84. The van der Waals surface area contributed by atoms with Gasteiger partial charge in [0.2, 0.25) is 0 Å². The third kappa shape index (κ3) is 2.51. The molecule has 1 aromatic rings. The van der Waals surface area contributed by atoms with Gasteiger partial charge >= 0.3 is 0 Å². The summed E-state index contributed by atoms with van der Waals surface area (Å²) in [7, 11) is 2.28. The molecule has 0 radical (unpaired) electrons. The highest BCUT2D eigenvalue weighted by Crippen LogP contribution is 2.43. The van der Waals surface area contributed by atoms with E-state index in [-0.39, 0.29) is 0 Å². The van der Waals surface area contributed by atoms with Crippen molar-refractivity contribution in [2.24, 2.45) is 5.92 Å². The summed E-state index contributed by atoms with van der Waals surface area (Å²) in [5.74, 6) is 0.675. The Bertz CT molecular complexity index is 432. The SMILES string of the molecule is CCC(O)(CC1C[C@H]2CC[C@@H](C1)N2C)c1ccccc1. The summed E-state index contributed by atoms with van der Waals surface area (Å²) in [6.07, 6.45) is 6.97. The Labute approximate surface area is 122 Å². The molecule has 0 aromatic heterocycles. The van der Waals surface area contributed by atoms with Gasteiger partial charge in [0, 0.05) is 12.1 Å². The van der Waals surface area contributed by atoms with E-state index in [2.05, 4.69) is 31.0 Å². The second kappa shape index (κ2) is 5.50. The zero-order valence-corrected chi connectivity index (χ0v) is 12.8. The van der Waals surface area contributed by atoms with Crippen molar-refractivity contribution in [3.63, 3.8) is 0 Å². The highest BCUT2D eigenvalue weighted by molar-refractivity contribution is 5.22. The summed E-state index contributed by atoms with van der Waals surface area (Å²) >= 11 is 0. The molecule has 2 aliphatic rings. The van der Waals surface area contributed by atoms with Crippen LogP contribution in [0.4, 0.5) is 0 Å². The van der Waals surface area contributed by atoms with Gasteiger partial charge in [-0.05, 0) is 57.1 Å². The molecule has 2 heteroatoms. The number of aliphatic hydroxyl groups is 1. The van der Waals surface area contributed by atoms with Gasteiger partial charge in [-0.25, -0.2) is 0 Å². The first-order valence-electron chi connectivity index (χ1n) is 8.12. The van der Waals surface area contributed by atoms with Crippen molar-refractivity contribution in [3.8, 4) is 0 Å². The number of hydrogen-bond acceptors (Lipinski definition) is 2. The highest BCUT2D eigenvalue weighted by atomic mass is 16.3. The zero-order valence-electron chi connectivity index (χ0n) is 12.8. The van der Waals surface area contributed by atoms with E-state index in [0.29, 0.717) is 5.92 Å². The van der Waals surface area contributed by atoms with E-state index in [1.807, 2.05) is 18.2 Å². The molecule has 110 valence electrons. The highest BCUT2D eigenvalue weighted by Gasteiger charge is 2.41. The van der Waals surface area contributed by atoms with E-state index in [0.717, 1.165) is 30.5 Å². The summed E-state index contributed by atoms with van der Waals surface area (Å²) in [4.78, 5) is 2.57. The van der Waals surface area contributed by atoms with E-state index in [1.165, 1.54) is 25.7 Å². The average Bonchev–Trinajstić information content (AvgIpc) is 2.70. The first kappa shape index (κ1) is 14.1. The number of piperidine rings is 1. The molecule has 2 saturated heterocycles. The fraction of sp³-hybridized carbons (Fsp3) is 0.667. The largest absolute Gasteiger partial charge is 0.385 e. The van der Waals surface area contributed by atoms with Crippen LogP contribution >= 0.6 is 0 Å². The van der Waals surface area contributed by atoms with E-state index < -0.39 is 5.60 Å². The van der Waals surface area contributed by atoms with Gasteiger partial charge in [-0.15, -0.1) is 0 Å². The molecule has 0 amide bonds. The topological polar surface area (TPSA) is 23.5 Å². The van der Waals surface area contributed by atoms with Crippen LogP contribution in [0.2, 0.25) is 0 Å². The number of fused-ring (bicyclic) bond motifs is 2. The number of hydrogen-bond donors (Lipinski definition) is 1. The molecule has 2 aliphatic heterocycles. The van der Waals surface area contributed by atoms with Gasteiger partial charge < -0.3 is 10.0 Å². The summed E-state index contributed by atoms with van der Waals surface area (Å²) in [6.45, 7) is 2.11. The molecule has 2 fully saturated rings.